The highest BCUT2D eigenvalue weighted by molar-refractivity contribution is 6.68. The molecule has 1 rings (SSSR count). The van der Waals surface area contributed by atoms with E-state index in [4.69, 9.17) is 11.6 Å². The van der Waals surface area contributed by atoms with Crippen molar-refractivity contribution in [1.82, 2.24) is 0 Å². The van der Waals surface area contributed by atoms with Crippen LogP contribution in [0, 0.1) is 0 Å². The van der Waals surface area contributed by atoms with Gasteiger partial charge < -0.3 is 4.74 Å². The van der Waals surface area contributed by atoms with Gasteiger partial charge in [0, 0.05) is 11.1 Å². The largest absolute Gasteiger partial charge is 0.573 e. The number of benzene rings is 1. The van der Waals surface area contributed by atoms with Crippen molar-refractivity contribution in [2.45, 2.75) is 6.36 Å². The average molecular weight is 253 g/mol. The lowest BCUT2D eigenvalue weighted by molar-refractivity contribution is -0.274. The number of carbonyl (C=O) groups is 2. The van der Waals surface area contributed by atoms with Crippen LogP contribution in [0.1, 0.15) is 20.7 Å². The molecule has 0 aromatic heterocycles. The number of carbonyl (C=O) groups excluding carboxylic acids is 2. The van der Waals surface area contributed by atoms with Crippen LogP contribution >= 0.6 is 11.6 Å². The van der Waals surface area contributed by atoms with Gasteiger partial charge in [0.2, 0.25) is 0 Å². The maximum Gasteiger partial charge on any atom is 0.573 e. The first-order valence-corrected chi connectivity index (χ1v) is 4.26. The Labute approximate surface area is 92.8 Å². The van der Waals surface area contributed by atoms with E-state index in [9.17, 15) is 22.8 Å². The van der Waals surface area contributed by atoms with E-state index < -0.39 is 17.4 Å². The van der Waals surface area contributed by atoms with Crippen LogP contribution < -0.4 is 4.74 Å². The van der Waals surface area contributed by atoms with Crippen LogP contribution in [0.2, 0.25) is 0 Å². The van der Waals surface area contributed by atoms with Crippen LogP contribution in [0.5, 0.6) is 5.75 Å². The molecule has 7 heteroatoms. The van der Waals surface area contributed by atoms with Gasteiger partial charge in [-0.15, -0.1) is 13.2 Å². The summed E-state index contributed by atoms with van der Waals surface area (Å²) in [4.78, 5) is 21.3. The van der Waals surface area contributed by atoms with E-state index >= 15 is 0 Å². The Balaban J connectivity index is 3.09. The van der Waals surface area contributed by atoms with Crippen LogP contribution in [0.25, 0.3) is 0 Å². The first-order valence-electron chi connectivity index (χ1n) is 3.88. The predicted molar refractivity (Wildman–Crippen MR) is 48.7 cm³/mol. The molecule has 16 heavy (non-hydrogen) atoms. The monoisotopic (exact) mass is 252 g/mol. The summed E-state index contributed by atoms with van der Waals surface area (Å²) in [5.74, 6) is -0.587. The fourth-order valence-electron chi connectivity index (χ4n) is 1.01. The third kappa shape index (κ3) is 3.23. The first-order chi connectivity index (χ1) is 7.33. The van der Waals surface area contributed by atoms with Crippen molar-refractivity contribution < 1.29 is 27.5 Å². The molecule has 1 aromatic carbocycles. The smallest absolute Gasteiger partial charge is 0.406 e. The molecule has 0 aliphatic rings. The van der Waals surface area contributed by atoms with Gasteiger partial charge >= 0.3 is 6.36 Å². The molecule has 0 aliphatic carbocycles. The lowest BCUT2D eigenvalue weighted by Gasteiger charge is -2.09. The molecule has 0 atom stereocenters. The van der Waals surface area contributed by atoms with Crippen molar-refractivity contribution in [2.24, 2.45) is 0 Å². The van der Waals surface area contributed by atoms with E-state index in [2.05, 4.69) is 4.74 Å². The van der Waals surface area contributed by atoms with Crippen molar-refractivity contribution in [3.63, 3.8) is 0 Å². The maximum absolute atomic E-state index is 11.8. The third-order valence-corrected chi connectivity index (χ3v) is 1.80. The Morgan fingerprint density at radius 2 is 2.00 bits per heavy atom. The Bertz CT molecular complexity index is 428. The Kier molecular flexibility index (Phi) is 3.54. The number of hydrogen-bond donors (Lipinski definition) is 0. The molecule has 3 nitrogen and oxygen atoms in total. The lowest BCUT2D eigenvalue weighted by Crippen LogP contribution is -2.17. The fraction of sp³-hybridized carbons (Fsp3) is 0.111. The van der Waals surface area contributed by atoms with E-state index in [1.807, 2.05) is 0 Å². The van der Waals surface area contributed by atoms with Crippen molar-refractivity contribution >= 4 is 23.1 Å². The molecule has 0 fully saturated rings. The van der Waals surface area contributed by atoms with Crippen LogP contribution in [0.3, 0.4) is 0 Å². The lowest BCUT2D eigenvalue weighted by atomic mass is 10.1. The molecular formula is C9H4ClF3O3. The molecule has 0 saturated carbocycles. The van der Waals surface area contributed by atoms with Crippen molar-refractivity contribution in [1.29, 1.82) is 0 Å². The van der Waals surface area contributed by atoms with Gasteiger partial charge in [0.25, 0.3) is 5.24 Å². The van der Waals surface area contributed by atoms with Crippen molar-refractivity contribution in [2.75, 3.05) is 0 Å². The summed E-state index contributed by atoms with van der Waals surface area (Å²) < 4.78 is 39.1. The van der Waals surface area contributed by atoms with Crippen LogP contribution in [-0.4, -0.2) is 17.9 Å². The zero-order chi connectivity index (χ0) is 12.3. The number of alkyl halides is 3. The van der Waals surface area contributed by atoms with E-state index in [-0.39, 0.29) is 17.4 Å². The van der Waals surface area contributed by atoms with Crippen LogP contribution in [-0.2, 0) is 0 Å². The van der Waals surface area contributed by atoms with E-state index in [0.717, 1.165) is 18.2 Å². The van der Waals surface area contributed by atoms with Gasteiger partial charge in [-0.1, -0.05) is 0 Å². The highest BCUT2D eigenvalue weighted by Crippen LogP contribution is 2.25. The summed E-state index contributed by atoms with van der Waals surface area (Å²) in [5, 5.41) is -0.930. The molecule has 1 aromatic rings. The Hall–Kier alpha value is -1.56. The normalized spacial score (nSPS) is 11.0. The van der Waals surface area contributed by atoms with Gasteiger partial charge in [-0.05, 0) is 29.8 Å². The topological polar surface area (TPSA) is 43.4 Å². The summed E-state index contributed by atoms with van der Waals surface area (Å²) in [6.45, 7) is 0. The Morgan fingerprint density at radius 1 is 1.38 bits per heavy atom. The zero-order valence-corrected chi connectivity index (χ0v) is 8.30. The predicted octanol–water partition coefficient (Wildman–Crippen LogP) is 2.78. The first kappa shape index (κ1) is 12.5. The van der Waals surface area contributed by atoms with E-state index in [1.54, 1.807) is 0 Å². The fourth-order valence-corrected chi connectivity index (χ4v) is 1.19. The zero-order valence-electron chi connectivity index (χ0n) is 7.55. The van der Waals surface area contributed by atoms with E-state index in [1.165, 1.54) is 0 Å². The number of halogens is 4. The minimum atomic E-state index is -4.85. The van der Waals surface area contributed by atoms with Gasteiger partial charge in [-0.3, -0.25) is 9.59 Å². The molecule has 0 aliphatic heterocycles. The molecule has 0 unspecified atom stereocenters. The Morgan fingerprint density at radius 3 is 2.44 bits per heavy atom. The van der Waals surface area contributed by atoms with Gasteiger partial charge in [0.1, 0.15) is 5.75 Å². The number of hydrogen-bond acceptors (Lipinski definition) is 3. The second kappa shape index (κ2) is 4.52. The van der Waals surface area contributed by atoms with Crippen molar-refractivity contribution in [3.8, 4) is 5.75 Å². The molecule has 86 valence electrons. The van der Waals surface area contributed by atoms with Crippen LogP contribution in [0.15, 0.2) is 18.2 Å². The second-order valence-electron chi connectivity index (χ2n) is 2.69. The summed E-state index contributed by atoms with van der Waals surface area (Å²) >= 11 is 5.11. The van der Waals surface area contributed by atoms with Gasteiger partial charge in [-0.2, -0.15) is 0 Å². The summed E-state index contributed by atoms with van der Waals surface area (Å²) in [6.07, 6.45) is -4.63. The average Bonchev–Trinajstić information content (AvgIpc) is 2.14. The van der Waals surface area contributed by atoms with Gasteiger partial charge in [0.05, 0.1) is 0 Å². The highest BCUT2D eigenvalue weighted by Gasteiger charge is 2.31. The molecule has 0 heterocycles. The van der Waals surface area contributed by atoms with Crippen molar-refractivity contribution in [3.05, 3.63) is 29.3 Å². The minimum Gasteiger partial charge on any atom is -0.406 e. The minimum absolute atomic E-state index is 0.175. The molecule has 0 amide bonds. The van der Waals surface area contributed by atoms with Gasteiger partial charge in [0.15, 0.2) is 6.29 Å². The highest BCUT2D eigenvalue weighted by atomic mass is 35.5. The standard InChI is InChI=1S/C9H4ClF3O3/c10-8(15)7-2-1-6(3-5(7)4-14)16-9(11,12)13/h1-4H. The summed E-state index contributed by atoms with van der Waals surface area (Å²) in [7, 11) is 0. The summed E-state index contributed by atoms with van der Waals surface area (Å²) in [5.41, 5.74) is -0.437. The second-order valence-corrected chi connectivity index (χ2v) is 3.03. The van der Waals surface area contributed by atoms with Gasteiger partial charge in [-0.25, -0.2) is 0 Å². The third-order valence-electron chi connectivity index (χ3n) is 1.60. The van der Waals surface area contributed by atoms with Crippen LogP contribution in [0.4, 0.5) is 13.2 Å². The number of ether oxygens (including phenoxy) is 1. The maximum atomic E-state index is 11.8. The molecule has 0 bridgehead atoms. The molecule has 0 spiro atoms. The quantitative estimate of drug-likeness (QED) is 0.614. The number of rotatable bonds is 3. The molecular weight excluding hydrogens is 249 g/mol. The molecule has 0 radical (unpaired) electrons. The SMILES string of the molecule is O=Cc1cc(OC(F)(F)F)ccc1C(=O)Cl. The molecule has 0 N–H and O–H groups in total. The summed E-state index contributed by atoms with van der Waals surface area (Å²) in [6, 6.07) is 2.67. The molecule has 0 saturated heterocycles. The van der Waals surface area contributed by atoms with E-state index in [0.29, 0.717) is 0 Å². The number of aldehydes is 1.